The molecule has 1 rings (SSSR count). The molecule has 84 valence electrons. The third kappa shape index (κ3) is 2.17. The number of hydrogen-bond donors (Lipinski definition) is 1. The Bertz CT molecular complexity index is 328. The first-order chi connectivity index (χ1) is 6.81. The molecule has 0 aliphatic rings. The van der Waals surface area contributed by atoms with Gasteiger partial charge in [0.25, 0.3) is 0 Å². The van der Waals surface area contributed by atoms with Gasteiger partial charge in [-0.05, 0) is 24.6 Å². The van der Waals surface area contributed by atoms with E-state index in [2.05, 4.69) is 0 Å². The molecular formula is C12H17F2N. The number of hydrogen-bond acceptors (Lipinski definition) is 1. The van der Waals surface area contributed by atoms with Gasteiger partial charge in [0.1, 0.15) is 11.5 Å². The quantitative estimate of drug-likeness (QED) is 0.820. The molecule has 1 unspecified atom stereocenters. The zero-order valence-electron chi connectivity index (χ0n) is 9.35. The molecule has 0 fully saturated rings. The minimum Gasteiger partial charge on any atom is -0.330 e. The highest BCUT2D eigenvalue weighted by atomic mass is 19.1. The molecule has 1 aromatic rings. The van der Waals surface area contributed by atoms with Crippen molar-refractivity contribution in [2.45, 2.75) is 26.4 Å². The summed E-state index contributed by atoms with van der Waals surface area (Å²) in [6.45, 7) is 5.23. The second-order valence-electron chi connectivity index (χ2n) is 4.60. The molecule has 0 heterocycles. The predicted octanol–water partition coefficient (Wildman–Crippen LogP) is 3.00. The first kappa shape index (κ1) is 12.1. The van der Waals surface area contributed by atoms with Crippen LogP contribution in [0.3, 0.4) is 0 Å². The molecule has 0 amide bonds. The highest BCUT2D eigenvalue weighted by Gasteiger charge is 2.41. The lowest BCUT2D eigenvalue weighted by atomic mass is 9.73. The molecule has 1 atom stereocenters. The van der Waals surface area contributed by atoms with Gasteiger partial charge in [-0.1, -0.05) is 26.0 Å². The van der Waals surface area contributed by atoms with Crippen molar-refractivity contribution in [3.05, 3.63) is 35.6 Å². The van der Waals surface area contributed by atoms with E-state index in [0.717, 1.165) is 0 Å². The van der Waals surface area contributed by atoms with Crippen LogP contribution in [-0.4, -0.2) is 6.54 Å². The molecule has 2 N–H and O–H groups in total. The first-order valence-corrected chi connectivity index (χ1v) is 4.96. The summed E-state index contributed by atoms with van der Waals surface area (Å²) in [7, 11) is 0. The van der Waals surface area contributed by atoms with Crippen molar-refractivity contribution >= 4 is 0 Å². The maximum Gasteiger partial charge on any atom is 0.139 e. The van der Waals surface area contributed by atoms with Crippen molar-refractivity contribution in [1.82, 2.24) is 0 Å². The van der Waals surface area contributed by atoms with Crippen LogP contribution in [0.1, 0.15) is 26.3 Å². The van der Waals surface area contributed by atoms with E-state index in [4.69, 9.17) is 5.73 Å². The minimum atomic E-state index is -1.56. The molecule has 0 saturated heterocycles. The number of benzene rings is 1. The highest BCUT2D eigenvalue weighted by Crippen LogP contribution is 2.42. The standard InChI is InChI=1S/C12H17F2N/c1-11(2,8-15)12(3,14)9-4-6-10(13)7-5-9/h4-7H,8,15H2,1-3H3. The molecule has 0 radical (unpaired) electrons. The van der Waals surface area contributed by atoms with Crippen LogP contribution < -0.4 is 5.73 Å². The average Bonchev–Trinajstić information content (AvgIpc) is 2.18. The fourth-order valence-electron chi connectivity index (χ4n) is 1.35. The third-order valence-electron chi connectivity index (χ3n) is 3.17. The van der Waals surface area contributed by atoms with Gasteiger partial charge in [-0.15, -0.1) is 0 Å². The van der Waals surface area contributed by atoms with Gasteiger partial charge in [0.15, 0.2) is 0 Å². The van der Waals surface area contributed by atoms with Crippen molar-refractivity contribution in [1.29, 1.82) is 0 Å². The largest absolute Gasteiger partial charge is 0.330 e. The van der Waals surface area contributed by atoms with Gasteiger partial charge in [-0.3, -0.25) is 0 Å². The summed E-state index contributed by atoms with van der Waals surface area (Å²) in [5.41, 5.74) is 3.77. The van der Waals surface area contributed by atoms with E-state index in [0.29, 0.717) is 5.56 Å². The Morgan fingerprint density at radius 2 is 1.60 bits per heavy atom. The molecule has 0 bridgehead atoms. The zero-order chi connectivity index (χ0) is 11.7. The molecule has 0 spiro atoms. The van der Waals surface area contributed by atoms with E-state index in [1.54, 1.807) is 13.8 Å². The molecule has 0 aromatic heterocycles. The third-order valence-corrected chi connectivity index (χ3v) is 3.17. The van der Waals surface area contributed by atoms with Crippen LogP contribution in [0.5, 0.6) is 0 Å². The van der Waals surface area contributed by atoms with Crippen molar-refractivity contribution in [3.8, 4) is 0 Å². The summed E-state index contributed by atoms with van der Waals surface area (Å²) >= 11 is 0. The van der Waals surface area contributed by atoms with Crippen LogP contribution in [0, 0.1) is 11.2 Å². The maximum absolute atomic E-state index is 14.5. The fraction of sp³-hybridized carbons (Fsp3) is 0.500. The van der Waals surface area contributed by atoms with Crippen LogP contribution in [0.25, 0.3) is 0 Å². The van der Waals surface area contributed by atoms with E-state index in [1.165, 1.54) is 31.2 Å². The molecule has 15 heavy (non-hydrogen) atoms. The van der Waals surface area contributed by atoms with Crippen molar-refractivity contribution < 1.29 is 8.78 Å². The highest BCUT2D eigenvalue weighted by molar-refractivity contribution is 5.25. The van der Waals surface area contributed by atoms with E-state index in [-0.39, 0.29) is 12.4 Å². The molecular weight excluding hydrogens is 196 g/mol. The predicted molar refractivity (Wildman–Crippen MR) is 57.7 cm³/mol. The maximum atomic E-state index is 14.5. The second kappa shape index (κ2) is 3.89. The summed E-state index contributed by atoms with van der Waals surface area (Å²) in [5.74, 6) is -0.361. The van der Waals surface area contributed by atoms with Crippen molar-refractivity contribution in [2.24, 2.45) is 11.1 Å². The van der Waals surface area contributed by atoms with Crippen molar-refractivity contribution in [3.63, 3.8) is 0 Å². The van der Waals surface area contributed by atoms with Crippen LogP contribution >= 0.6 is 0 Å². The van der Waals surface area contributed by atoms with Crippen molar-refractivity contribution in [2.75, 3.05) is 6.54 Å². The lowest BCUT2D eigenvalue weighted by Crippen LogP contribution is -2.41. The minimum absolute atomic E-state index is 0.234. The van der Waals surface area contributed by atoms with E-state index in [1.807, 2.05) is 0 Å². The Morgan fingerprint density at radius 1 is 1.13 bits per heavy atom. The molecule has 3 heteroatoms. The van der Waals surface area contributed by atoms with Crippen LogP contribution in [0.15, 0.2) is 24.3 Å². The Balaban J connectivity index is 3.10. The molecule has 0 saturated carbocycles. The van der Waals surface area contributed by atoms with Gasteiger partial charge in [-0.25, -0.2) is 8.78 Å². The van der Waals surface area contributed by atoms with Gasteiger partial charge in [0.2, 0.25) is 0 Å². The van der Waals surface area contributed by atoms with E-state index in [9.17, 15) is 8.78 Å². The normalized spacial score (nSPS) is 16.1. The molecule has 0 aliphatic carbocycles. The topological polar surface area (TPSA) is 26.0 Å². The lowest BCUT2D eigenvalue weighted by Gasteiger charge is -2.37. The van der Waals surface area contributed by atoms with Crippen LogP contribution in [0.2, 0.25) is 0 Å². The van der Waals surface area contributed by atoms with Gasteiger partial charge in [-0.2, -0.15) is 0 Å². The van der Waals surface area contributed by atoms with Crippen LogP contribution in [-0.2, 0) is 5.67 Å². The summed E-state index contributed by atoms with van der Waals surface area (Å²) in [6, 6.07) is 5.46. The van der Waals surface area contributed by atoms with E-state index < -0.39 is 11.1 Å². The SMILES string of the molecule is CC(C)(CN)C(C)(F)c1ccc(F)cc1. The fourth-order valence-corrected chi connectivity index (χ4v) is 1.35. The average molecular weight is 213 g/mol. The van der Waals surface area contributed by atoms with Gasteiger partial charge in [0.05, 0.1) is 0 Å². The zero-order valence-corrected chi connectivity index (χ0v) is 9.35. The molecule has 1 aromatic carbocycles. The lowest BCUT2D eigenvalue weighted by molar-refractivity contribution is 0.0371. The Morgan fingerprint density at radius 3 is 2.00 bits per heavy atom. The first-order valence-electron chi connectivity index (χ1n) is 4.96. The Kier molecular flexibility index (Phi) is 3.14. The van der Waals surface area contributed by atoms with Gasteiger partial charge < -0.3 is 5.73 Å². The molecule has 0 aliphatic heterocycles. The number of halogens is 2. The molecule has 1 nitrogen and oxygen atoms in total. The summed E-state index contributed by atoms with van der Waals surface area (Å²) in [5, 5.41) is 0. The number of alkyl halides is 1. The van der Waals surface area contributed by atoms with E-state index >= 15 is 0 Å². The summed E-state index contributed by atoms with van der Waals surface area (Å²) < 4.78 is 27.2. The number of nitrogens with two attached hydrogens (primary N) is 1. The van der Waals surface area contributed by atoms with Crippen LogP contribution in [0.4, 0.5) is 8.78 Å². The second-order valence-corrected chi connectivity index (χ2v) is 4.60. The Hall–Kier alpha value is -0.960. The van der Waals surface area contributed by atoms with Gasteiger partial charge in [0, 0.05) is 12.0 Å². The van der Waals surface area contributed by atoms with Gasteiger partial charge >= 0.3 is 0 Å². The smallest absolute Gasteiger partial charge is 0.139 e. The monoisotopic (exact) mass is 213 g/mol. The summed E-state index contributed by atoms with van der Waals surface area (Å²) in [6.07, 6.45) is 0. The number of rotatable bonds is 3. The summed E-state index contributed by atoms with van der Waals surface area (Å²) in [4.78, 5) is 0. The Labute approximate surface area is 89.3 Å².